The molecule has 1 amide bonds. The van der Waals surface area contributed by atoms with Crippen LogP contribution in [0.4, 0.5) is 8.78 Å². The highest BCUT2D eigenvalue weighted by Crippen LogP contribution is 2.26. The van der Waals surface area contributed by atoms with Crippen LogP contribution in [0.2, 0.25) is 0 Å². The maximum atomic E-state index is 12.8. The first-order valence-corrected chi connectivity index (χ1v) is 5.05. The summed E-state index contributed by atoms with van der Waals surface area (Å²) in [5.74, 6) is -0.979. The van der Waals surface area contributed by atoms with Gasteiger partial charge in [-0.15, -0.1) is 5.10 Å². The van der Waals surface area contributed by atoms with Gasteiger partial charge in [0.25, 0.3) is 12.3 Å². The molecule has 0 bridgehead atoms. The van der Waals surface area contributed by atoms with Crippen LogP contribution >= 0.6 is 0 Å². The molecule has 1 aromatic heterocycles. The van der Waals surface area contributed by atoms with Crippen molar-refractivity contribution in [3.63, 3.8) is 0 Å². The quantitative estimate of drug-likeness (QED) is 0.839. The molecular weight excluding hydrogens is 218 g/mol. The molecule has 0 radical (unpaired) electrons. The second-order valence-corrected chi connectivity index (χ2v) is 3.40. The highest BCUT2D eigenvalue weighted by molar-refractivity contribution is 5.91. The van der Waals surface area contributed by atoms with Crippen LogP contribution in [0.3, 0.4) is 0 Å². The van der Waals surface area contributed by atoms with Gasteiger partial charge in [0.1, 0.15) is 5.69 Å². The van der Waals surface area contributed by atoms with Crippen LogP contribution in [-0.2, 0) is 0 Å². The van der Waals surface area contributed by atoms with Gasteiger partial charge >= 0.3 is 0 Å². The van der Waals surface area contributed by atoms with Crippen LogP contribution < -0.4 is 5.73 Å². The summed E-state index contributed by atoms with van der Waals surface area (Å²) in [5.41, 5.74) is 4.03. The SMILES string of the molecule is CCC(CC)n1nnc(C(N)=O)c1C(F)F. The minimum absolute atomic E-state index is 0.190. The average Bonchev–Trinajstić information content (AvgIpc) is 2.64. The van der Waals surface area contributed by atoms with Gasteiger partial charge in [0.2, 0.25) is 0 Å². The molecule has 0 saturated heterocycles. The number of carbonyl (C=O) groups excluding carboxylic acids is 1. The van der Waals surface area contributed by atoms with Gasteiger partial charge < -0.3 is 5.73 Å². The number of halogens is 2. The van der Waals surface area contributed by atoms with Gasteiger partial charge in [-0.05, 0) is 12.8 Å². The van der Waals surface area contributed by atoms with Crippen LogP contribution in [0.1, 0.15) is 55.3 Å². The van der Waals surface area contributed by atoms with Crippen molar-refractivity contribution in [2.24, 2.45) is 5.73 Å². The fourth-order valence-corrected chi connectivity index (χ4v) is 1.58. The number of primary amides is 1. The zero-order chi connectivity index (χ0) is 12.3. The lowest BCUT2D eigenvalue weighted by Crippen LogP contribution is -2.17. The molecule has 0 saturated carbocycles. The van der Waals surface area contributed by atoms with Crippen molar-refractivity contribution in [1.82, 2.24) is 15.0 Å². The average molecular weight is 232 g/mol. The van der Waals surface area contributed by atoms with Gasteiger partial charge in [-0.3, -0.25) is 4.79 Å². The number of alkyl halides is 2. The van der Waals surface area contributed by atoms with Crippen LogP contribution in [0.5, 0.6) is 0 Å². The summed E-state index contributed by atoms with van der Waals surface area (Å²) in [6.07, 6.45) is -1.53. The summed E-state index contributed by atoms with van der Waals surface area (Å²) in [5, 5.41) is 7.00. The van der Waals surface area contributed by atoms with E-state index in [1.54, 1.807) is 0 Å². The van der Waals surface area contributed by atoms with Crippen molar-refractivity contribution < 1.29 is 13.6 Å². The highest BCUT2D eigenvalue weighted by Gasteiger charge is 2.27. The summed E-state index contributed by atoms with van der Waals surface area (Å²) < 4.78 is 26.7. The summed E-state index contributed by atoms with van der Waals surface area (Å²) in [6.45, 7) is 3.71. The van der Waals surface area contributed by atoms with E-state index in [0.29, 0.717) is 12.8 Å². The van der Waals surface area contributed by atoms with E-state index in [-0.39, 0.29) is 6.04 Å². The fourth-order valence-electron chi connectivity index (χ4n) is 1.58. The number of hydrogen-bond acceptors (Lipinski definition) is 3. The third-order valence-electron chi connectivity index (χ3n) is 2.46. The predicted molar refractivity (Wildman–Crippen MR) is 53.1 cm³/mol. The van der Waals surface area contributed by atoms with Gasteiger partial charge in [-0.2, -0.15) is 0 Å². The number of carbonyl (C=O) groups is 1. The highest BCUT2D eigenvalue weighted by atomic mass is 19.3. The van der Waals surface area contributed by atoms with E-state index in [1.165, 1.54) is 0 Å². The van der Waals surface area contributed by atoms with Crippen LogP contribution in [0.25, 0.3) is 0 Å². The maximum absolute atomic E-state index is 12.8. The van der Waals surface area contributed by atoms with Gasteiger partial charge in [0.05, 0.1) is 6.04 Å². The lowest BCUT2D eigenvalue weighted by atomic mass is 10.1. The molecule has 0 fully saturated rings. The Hall–Kier alpha value is -1.53. The van der Waals surface area contributed by atoms with E-state index in [0.717, 1.165) is 4.68 Å². The molecule has 2 N–H and O–H groups in total. The van der Waals surface area contributed by atoms with Crippen molar-refractivity contribution >= 4 is 5.91 Å². The summed E-state index contributed by atoms with van der Waals surface area (Å²) in [6, 6.07) is -0.190. The van der Waals surface area contributed by atoms with Crippen molar-refractivity contribution in [3.8, 4) is 0 Å². The molecule has 7 heteroatoms. The topological polar surface area (TPSA) is 73.8 Å². The lowest BCUT2D eigenvalue weighted by Gasteiger charge is -2.15. The van der Waals surface area contributed by atoms with Crippen LogP contribution in [0.15, 0.2) is 0 Å². The maximum Gasteiger partial charge on any atom is 0.282 e. The molecule has 0 atom stereocenters. The van der Waals surface area contributed by atoms with Crippen molar-refractivity contribution in [2.45, 2.75) is 39.2 Å². The first-order valence-electron chi connectivity index (χ1n) is 5.05. The molecule has 1 heterocycles. The first-order chi connectivity index (χ1) is 7.52. The van der Waals surface area contributed by atoms with Crippen molar-refractivity contribution in [3.05, 3.63) is 11.4 Å². The van der Waals surface area contributed by atoms with Crippen molar-refractivity contribution in [2.75, 3.05) is 0 Å². The number of hydrogen-bond donors (Lipinski definition) is 1. The molecule has 0 aliphatic heterocycles. The minimum Gasteiger partial charge on any atom is -0.364 e. The van der Waals surface area contributed by atoms with E-state index in [2.05, 4.69) is 10.3 Å². The van der Waals surface area contributed by atoms with Gasteiger partial charge in [0, 0.05) is 0 Å². The lowest BCUT2D eigenvalue weighted by molar-refractivity contribution is 0.0975. The Labute approximate surface area is 91.6 Å². The molecule has 0 spiro atoms. The Bertz CT molecular complexity index is 374. The third-order valence-corrected chi connectivity index (χ3v) is 2.46. The standard InChI is InChI=1S/C9H14F2N4O/c1-3-5(4-2)15-7(8(10)11)6(9(12)16)13-14-15/h5,8H,3-4H2,1-2H3,(H2,12,16). The van der Waals surface area contributed by atoms with E-state index in [9.17, 15) is 13.6 Å². The van der Waals surface area contributed by atoms with Gasteiger partial charge in [-0.1, -0.05) is 19.1 Å². The molecule has 90 valence electrons. The summed E-state index contributed by atoms with van der Waals surface area (Å²) >= 11 is 0. The summed E-state index contributed by atoms with van der Waals surface area (Å²) in [7, 11) is 0. The molecule has 0 aliphatic rings. The monoisotopic (exact) mass is 232 g/mol. The molecule has 0 aliphatic carbocycles. The second-order valence-electron chi connectivity index (χ2n) is 3.40. The Balaban J connectivity index is 3.24. The molecule has 1 aromatic rings. The molecule has 16 heavy (non-hydrogen) atoms. The molecular formula is C9H14F2N4O. The Morgan fingerprint density at radius 1 is 1.44 bits per heavy atom. The predicted octanol–water partition coefficient (Wildman–Crippen LogP) is 1.68. The minimum atomic E-state index is -2.81. The number of aromatic nitrogens is 3. The van der Waals surface area contributed by atoms with Crippen LogP contribution in [-0.4, -0.2) is 20.9 Å². The van der Waals surface area contributed by atoms with E-state index >= 15 is 0 Å². The fraction of sp³-hybridized carbons (Fsp3) is 0.667. The Morgan fingerprint density at radius 2 is 2.00 bits per heavy atom. The van der Waals surface area contributed by atoms with E-state index in [1.807, 2.05) is 13.8 Å². The van der Waals surface area contributed by atoms with Crippen LogP contribution in [0, 0.1) is 0 Å². The normalized spacial score (nSPS) is 11.4. The number of nitrogens with two attached hydrogens (primary N) is 1. The van der Waals surface area contributed by atoms with Gasteiger partial charge in [0.15, 0.2) is 5.69 Å². The van der Waals surface area contributed by atoms with Crippen molar-refractivity contribution in [1.29, 1.82) is 0 Å². The zero-order valence-electron chi connectivity index (χ0n) is 9.15. The smallest absolute Gasteiger partial charge is 0.282 e. The largest absolute Gasteiger partial charge is 0.364 e. The summed E-state index contributed by atoms with van der Waals surface area (Å²) in [4.78, 5) is 10.9. The van der Waals surface area contributed by atoms with E-state index < -0.39 is 23.7 Å². The third kappa shape index (κ3) is 2.17. The Morgan fingerprint density at radius 3 is 2.38 bits per heavy atom. The van der Waals surface area contributed by atoms with Gasteiger partial charge in [-0.25, -0.2) is 13.5 Å². The molecule has 0 unspecified atom stereocenters. The molecule has 1 rings (SSSR count). The zero-order valence-corrected chi connectivity index (χ0v) is 9.15. The number of nitrogens with zero attached hydrogens (tertiary/aromatic N) is 3. The van der Waals surface area contributed by atoms with E-state index in [4.69, 9.17) is 5.73 Å². The first kappa shape index (κ1) is 12.5. The number of amides is 1. The number of rotatable bonds is 5. The Kier molecular flexibility index (Phi) is 3.92. The molecule has 5 nitrogen and oxygen atoms in total. The molecule has 0 aromatic carbocycles. The second kappa shape index (κ2) is 5.00.